The lowest BCUT2D eigenvalue weighted by atomic mass is 10.2. The van der Waals surface area contributed by atoms with Crippen molar-refractivity contribution in [2.24, 2.45) is 5.84 Å². The molecule has 0 aliphatic carbocycles. The van der Waals surface area contributed by atoms with Crippen LogP contribution in [0, 0.1) is 0 Å². The molecule has 0 aliphatic rings. The molecule has 0 amide bonds. The Balaban J connectivity index is 3.03. The molecule has 3 N–H and O–H groups in total. The number of nitrogens with one attached hydrogen (secondary N) is 1. The Kier molecular flexibility index (Phi) is 5.68. The van der Waals surface area contributed by atoms with Crippen LogP contribution in [0.1, 0.15) is 32.5 Å². The van der Waals surface area contributed by atoms with Gasteiger partial charge in [-0.25, -0.2) is 15.8 Å². The third-order valence-corrected chi connectivity index (χ3v) is 3.64. The normalized spacial score (nSPS) is 12.6. The Morgan fingerprint density at radius 1 is 1.39 bits per heavy atom. The summed E-state index contributed by atoms with van der Waals surface area (Å²) < 4.78 is 0. The van der Waals surface area contributed by atoms with Gasteiger partial charge in [-0.3, -0.25) is 0 Å². The summed E-state index contributed by atoms with van der Waals surface area (Å²) >= 11 is 1.83. The maximum Gasteiger partial charge on any atom is 0.145 e. The summed E-state index contributed by atoms with van der Waals surface area (Å²) in [5.41, 5.74) is 2.61. The van der Waals surface area contributed by atoms with E-state index in [4.69, 9.17) is 5.84 Å². The minimum absolute atomic E-state index is 0.279. The molecular formula is C12H23N5S. The average molecular weight is 269 g/mol. The highest BCUT2D eigenvalue weighted by Crippen LogP contribution is 2.20. The van der Waals surface area contributed by atoms with Crippen LogP contribution in [0.2, 0.25) is 0 Å². The van der Waals surface area contributed by atoms with E-state index in [0.29, 0.717) is 11.9 Å². The number of nitrogens with two attached hydrogens (primary N) is 1. The summed E-state index contributed by atoms with van der Waals surface area (Å²) in [7, 11) is 2.05. The van der Waals surface area contributed by atoms with Gasteiger partial charge in [0.15, 0.2) is 0 Å². The van der Waals surface area contributed by atoms with Crippen LogP contribution in [0.5, 0.6) is 0 Å². The number of aromatic nitrogens is 2. The second-order valence-corrected chi connectivity index (χ2v) is 5.59. The minimum atomic E-state index is 0.279. The van der Waals surface area contributed by atoms with Gasteiger partial charge in [0.1, 0.15) is 17.5 Å². The lowest BCUT2D eigenvalue weighted by molar-refractivity contribution is 0.726. The summed E-state index contributed by atoms with van der Waals surface area (Å²) in [5.74, 6) is 9.17. The monoisotopic (exact) mass is 269 g/mol. The second-order valence-electron chi connectivity index (χ2n) is 4.68. The molecule has 18 heavy (non-hydrogen) atoms. The maximum absolute atomic E-state index is 5.46. The van der Waals surface area contributed by atoms with E-state index in [-0.39, 0.29) is 5.92 Å². The summed E-state index contributed by atoms with van der Waals surface area (Å²) in [5, 5.41) is 0. The first-order chi connectivity index (χ1) is 8.49. The van der Waals surface area contributed by atoms with Crippen LogP contribution in [-0.4, -0.2) is 35.1 Å². The third-order valence-electron chi connectivity index (χ3n) is 2.82. The SMILES string of the molecule is CSCC(C)N(C)c1cc(NN)nc(C(C)C)n1. The molecule has 1 aromatic heterocycles. The fraction of sp³-hybridized carbons (Fsp3) is 0.667. The van der Waals surface area contributed by atoms with Gasteiger partial charge in [0.05, 0.1) is 0 Å². The largest absolute Gasteiger partial charge is 0.356 e. The topological polar surface area (TPSA) is 67.1 Å². The zero-order chi connectivity index (χ0) is 13.7. The highest BCUT2D eigenvalue weighted by atomic mass is 32.2. The number of thioether (sulfide) groups is 1. The van der Waals surface area contributed by atoms with Crippen LogP contribution >= 0.6 is 11.8 Å². The van der Waals surface area contributed by atoms with E-state index >= 15 is 0 Å². The van der Waals surface area contributed by atoms with Crippen molar-refractivity contribution in [2.45, 2.75) is 32.7 Å². The number of hydrogen-bond acceptors (Lipinski definition) is 6. The average Bonchev–Trinajstić information content (AvgIpc) is 2.37. The molecule has 0 bridgehead atoms. The fourth-order valence-electron chi connectivity index (χ4n) is 1.54. The molecule has 5 nitrogen and oxygen atoms in total. The first-order valence-electron chi connectivity index (χ1n) is 6.07. The molecule has 0 aromatic carbocycles. The third kappa shape index (κ3) is 3.74. The molecule has 0 saturated heterocycles. The predicted molar refractivity (Wildman–Crippen MR) is 80.2 cm³/mol. The lowest BCUT2D eigenvalue weighted by Crippen LogP contribution is -2.32. The van der Waals surface area contributed by atoms with E-state index < -0.39 is 0 Å². The highest BCUT2D eigenvalue weighted by molar-refractivity contribution is 7.98. The van der Waals surface area contributed by atoms with Gasteiger partial charge in [0, 0.05) is 30.8 Å². The van der Waals surface area contributed by atoms with Crippen molar-refractivity contribution in [3.63, 3.8) is 0 Å². The van der Waals surface area contributed by atoms with Crippen molar-refractivity contribution < 1.29 is 0 Å². The van der Waals surface area contributed by atoms with Crippen molar-refractivity contribution >= 4 is 23.4 Å². The molecule has 1 aromatic rings. The van der Waals surface area contributed by atoms with Gasteiger partial charge in [-0.05, 0) is 13.2 Å². The van der Waals surface area contributed by atoms with Crippen LogP contribution in [0.15, 0.2) is 6.07 Å². The lowest BCUT2D eigenvalue weighted by Gasteiger charge is -2.26. The Bertz CT molecular complexity index is 383. The van der Waals surface area contributed by atoms with E-state index in [1.165, 1.54) is 0 Å². The van der Waals surface area contributed by atoms with Gasteiger partial charge >= 0.3 is 0 Å². The van der Waals surface area contributed by atoms with Crippen molar-refractivity contribution in [2.75, 3.05) is 29.4 Å². The molecule has 0 saturated carbocycles. The van der Waals surface area contributed by atoms with Crippen LogP contribution in [0.3, 0.4) is 0 Å². The Morgan fingerprint density at radius 3 is 2.56 bits per heavy atom. The van der Waals surface area contributed by atoms with Crippen LogP contribution < -0.4 is 16.2 Å². The first kappa shape index (κ1) is 15.0. The number of hydrazine groups is 1. The molecule has 1 unspecified atom stereocenters. The van der Waals surface area contributed by atoms with E-state index in [9.17, 15) is 0 Å². The molecule has 0 spiro atoms. The van der Waals surface area contributed by atoms with Gasteiger partial charge in [0.25, 0.3) is 0 Å². The number of hydrogen-bond donors (Lipinski definition) is 2. The molecule has 1 heterocycles. The van der Waals surface area contributed by atoms with E-state index in [1.807, 2.05) is 24.9 Å². The van der Waals surface area contributed by atoms with Crippen LogP contribution in [0.4, 0.5) is 11.6 Å². The highest BCUT2D eigenvalue weighted by Gasteiger charge is 2.14. The fourth-order valence-corrected chi connectivity index (χ4v) is 2.25. The number of nitrogens with zero attached hydrogens (tertiary/aromatic N) is 3. The van der Waals surface area contributed by atoms with Crippen molar-refractivity contribution in [1.29, 1.82) is 0 Å². The molecule has 0 radical (unpaired) electrons. The zero-order valence-corrected chi connectivity index (χ0v) is 12.6. The first-order valence-corrected chi connectivity index (χ1v) is 7.46. The summed E-state index contributed by atoms with van der Waals surface area (Å²) in [6, 6.07) is 2.29. The van der Waals surface area contributed by atoms with Gasteiger partial charge in [-0.1, -0.05) is 13.8 Å². The number of nitrogen functional groups attached to an aromatic ring is 1. The number of rotatable bonds is 6. The molecule has 102 valence electrons. The molecule has 0 fully saturated rings. The molecule has 1 atom stereocenters. The van der Waals surface area contributed by atoms with E-state index in [2.05, 4.69) is 47.3 Å². The van der Waals surface area contributed by atoms with Crippen LogP contribution in [-0.2, 0) is 0 Å². The standard InChI is InChI=1S/C12H23N5S/c1-8(2)12-14-10(16-13)6-11(15-12)17(4)9(3)7-18-5/h6,8-9H,7,13H2,1-5H3,(H,14,15,16). The van der Waals surface area contributed by atoms with E-state index in [0.717, 1.165) is 17.4 Å². The summed E-state index contributed by atoms with van der Waals surface area (Å²) in [6.45, 7) is 6.33. The quantitative estimate of drug-likeness (QED) is 0.609. The predicted octanol–water partition coefficient (Wildman–Crippen LogP) is 2.07. The van der Waals surface area contributed by atoms with E-state index in [1.54, 1.807) is 0 Å². The molecule has 6 heteroatoms. The van der Waals surface area contributed by atoms with Crippen molar-refractivity contribution in [3.8, 4) is 0 Å². The number of anilines is 2. The summed E-state index contributed by atoms with van der Waals surface area (Å²) in [4.78, 5) is 11.1. The zero-order valence-electron chi connectivity index (χ0n) is 11.8. The second kappa shape index (κ2) is 6.80. The van der Waals surface area contributed by atoms with Crippen LogP contribution in [0.25, 0.3) is 0 Å². The molecular weight excluding hydrogens is 246 g/mol. The molecule has 0 aliphatic heterocycles. The Labute approximate surface area is 114 Å². The Hall–Kier alpha value is -1.01. The smallest absolute Gasteiger partial charge is 0.145 e. The molecule has 1 rings (SSSR count). The van der Waals surface area contributed by atoms with Gasteiger partial charge < -0.3 is 10.3 Å². The van der Waals surface area contributed by atoms with Gasteiger partial charge in [-0.15, -0.1) is 0 Å². The maximum atomic E-state index is 5.46. The summed E-state index contributed by atoms with van der Waals surface area (Å²) in [6.07, 6.45) is 2.11. The van der Waals surface area contributed by atoms with Gasteiger partial charge in [-0.2, -0.15) is 11.8 Å². The Morgan fingerprint density at radius 2 is 2.06 bits per heavy atom. The van der Waals surface area contributed by atoms with Crippen molar-refractivity contribution in [1.82, 2.24) is 9.97 Å². The van der Waals surface area contributed by atoms with Crippen molar-refractivity contribution in [3.05, 3.63) is 11.9 Å². The minimum Gasteiger partial charge on any atom is -0.356 e. The van der Waals surface area contributed by atoms with Gasteiger partial charge in [0.2, 0.25) is 0 Å².